The van der Waals surface area contributed by atoms with Gasteiger partial charge in [0.15, 0.2) is 5.76 Å². The van der Waals surface area contributed by atoms with Gasteiger partial charge in [-0.15, -0.1) is 0 Å². The van der Waals surface area contributed by atoms with Crippen LogP contribution in [0.25, 0.3) is 11.0 Å². The van der Waals surface area contributed by atoms with E-state index in [2.05, 4.69) is 0 Å². The largest absolute Gasteiger partial charge is 0.453 e. The van der Waals surface area contributed by atoms with Crippen LogP contribution < -0.4 is 0 Å². The molecule has 6 heteroatoms. The fourth-order valence-corrected chi connectivity index (χ4v) is 3.75. The van der Waals surface area contributed by atoms with Gasteiger partial charge in [-0.1, -0.05) is 62.4 Å². The molecule has 0 bridgehead atoms. The lowest BCUT2D eigenvalue weighted by Crippen LogP contribution is -2.51. The molecule has 1 N–H and O–H groups in total. The molecule has 0 saturated heterocycles. The van der Waals surface area contributed by atoms with Crippen molar-refractivity contribution in [3.05, 3.63) is 72.0 Å². The molecule has 2 atom stereocenters. The highest BCUT2D eigenvalue weighted by atomic mass is 16.6. The third-order valence-corrected chi connectivity index (χ3v) is 5.24. The van der Waals surface area contributed by atoms with E-state index in [1.807, 2.05) is 62.4 Å². The minimum absolute atomic E-state index is 0.0707. The molecule has 1 heterocycles. The number of aliphatic hydroxyl groups is 1. The molecule has 0 aliphatic carbocycles. The fourth-order valence-electron chi connectivity index (χ4n) is 3.75. The van der Waals surface area contributed by atoms with Gasteiger partial charge in [0.2, 0.25) is 5.78 Å². The lowest BCUT2D eigenvalue weighted by atomic mass is 9.94. The highest BCUT2D eigenvalue weighted by Crippen LogP contribution is 2.26. The summed E-state index contributed by atoms with van der Waals surface area (Å²) in [6.45, 7) is 9.55. The van der Waals surface area contributed by atoms with Crippen LogP contribution in [0.4, 0.5) is 4.79 Å². The zero-order valence-corrected chi connectivity index (χ0v) is 19.9. The highest BCUT2D eigenvalue weighted by molar-refractivity contribution is 6.00. The van der Waals surface area contributed by atoms with Crippen molar-refractivity contribution in [2.24, 2.45) is 5.92 Å². The number of Topliss-reactive ketones (excluding diaryl/α,β-unsaturated/α-hetero) is 1. The minimum atomic E-state index is -1.47. The second kappa shape index (κ2) is 10.2. The van der Waals surface area contributed by atoms with Crippen LogP contribution in [-0.2, 0) is 11.3 Å². The molecule has 0 unspecified atom stereocenters. The van der Waals surface area contributed by atoms with E-state index in [1.54, 1.807) is 32.9 Å². The number of benzene rings is 2. The number of aliphatic hydroxyl groups excluding tert-OH is 1. The van der Waals surface area contributed by atoms with Crippen LogP contribution in [0.1, 0.15) is 57.2 Å². The summed E-state index contributed by atoms with van der Waals surface area (Å²) in [4.78, 5) is 28.0. The number of rotatable bonds is 8. The van der Waals surface area contributed by atoms with E-state index in [-0.39, 0.29) is 18.2 Å². The first kappa shape index (κ1) is 24.5. The number of furan rings is 1. The molecule has 33 heavy (non-hydrogen) atoms. The Kier molecular flexibility index (Phi) is 7.59. The molecule has 1 aromatic heterocycles. The lowest BCUT2D eigenvalue weighted by molar-refractivity contribution is -0.00953. The summed E-state index contributed by atoms with van der Waals surface area (Å²) in [5.74, 6) is -0.367. The van der Waals surface area contributed by atoms with Crippen LogP contribution in [0.15, 0.2) is 65.1 Å². The number of carbonyl (C=O) groups excluding carboxylic acids is 2. The number of amides is 1. The molecule has 1 amide bonds. The standard InChI is InChI=1S/C27H33NO5/c1-18(2)15-21(24(29)25(30)23-16-20-13-9-10-14-22(20)32-23)28(26(31)33-27(3,4)5)17-19-11-7-6-8-12-19/h6-14,16,18,21,24,29H,15,17H2,1-5H3/t21-,24-/m0/s1. The Morgan fingerprint density at radius 3 is 2.27 bits per heavy atom. The first-order valence-corrected chi connectivity index (χ1v) is 11.3. The summed E-state index contributed by atoms with van der Waals surface area (Å²) < 4.78 is 11.4. The van der Waals surface area contributed by atoms with Gasteiger partial charge in [-0.2, -0.15) is 0 Å². The Hall–Kier alpha value is -3.12. The van der Waals surface area contributed by atoms with Gasteiger partial charge >= 0.3 is 6.09 Å². The van der Waals surface area contributed by atoms with E-state index in [4.69, 9.17) is 9.15 Å². The monoisotopic (exact) mass is 451 g/mol. The lowest BCUT2D eigenvalue weighted by Gasteiger charge is -2.36. The Morgan fingerprint density at radius 2 is 1.67 bits per heavy atom. The van der Waals surface area contributed by atoms with E-state index in [0.717, 1.165) is 10.9 Å². The van der Waals surface area contributed by atoms with E-state index < -0.39 is 29.6 Å². The third kappa shape index (κ3) is 6.45. The number of ketones is 1. The fraction of sp³-hybridized carbons (Fsp3) is 0.407. The molecule has 0 saturated carbocycles. The number of hydrogen-bond donors (Lipinski definition) is 1. The molecule has 3 aromatic rings. The van der Waals surface area contributed by atoms with Gasteiger partial charge in [0.05, 0.1) is 6.04 Å². The minimum Gasteiger partial charge on any atom is -0.453 e. The Morgan fingerprint density at radius 1 is 1.03 bits per heavy atom. The molecule has 0 spiro atoms. The normalized spacial score (nSPS) is 13.7. The van der Waals surface area contributed by atoms with Gasteiger partial charge < -0.3 is 14.3 Å². The number of hydrogen-bond acceptors (Lipinski definition) is 5. The van der Waals surface area contributed by atoms with E-state index >= 15 is 0 Å². The van der Waals surface area contributed by atoms with Crippen molar-refractivity contribution in [3.63, 3.8) is 0 Å². The van der Waals surface area contributed by atoms with Crippen LogP contribution in [-0.4, -0.2) is 39.6 Å². The highest BCUT2D eigenvalue weighted by Gasteiger charge is 2.38. The topological polar surface area (TPSA) is 80.0 Å². The Bertz CT molecular complexity index is 1050. The van der Waals surface area contributed by atoms with E-state index in [9.17, 15) is 14.7 Å². The smallest absolute Gasteiger partial charge is 0.410 e. The molecule has 0 radical (unpaired) electrons. The first-order valence-electron chi connectivity index (χ1n) is 11.3. The van der Waals surface area contributed by atoms with Crippen LogP contribution in [0, 0.1) is 5.92 Å². The van der Waals surface area contributed by atoms with Gasteiger partial charge in [-0.3, -0.25) is 9.69 Å². The number of fused-ring (bicyclic) bond motifs is 1. The second-order valence-corrected chi connectivity index (χ2v) is 9.75. The third-order valence-electron chi connectivity index (χ3n) is 5.24. The summed E-state index contributed by atoms with van der Waals surface area (Å²) in [5.41, 5.74) is 0.726. The first-order chi connectivity index (χ1) is 15.5. The molecule has 0 fully saturated rings. The van der Waals surface area contributed by atoms with E-state index in [1.165, 1.54) is 4.90 Å². The zero-order chi connectivity index (χ0) is 24.2. The average Bonchev–Trinajstić information content (AvgIpc) is 3.18. The van der Waals surface area contributed by atoms with E-state index in [0.29, 0.717) is 12.0 Å². The van der Waals surface area contributed by atoms with Gasteiger partial charge in [0, 0.05) is 11.9 Å². The number of para-hydroxylation sites is 1. The molecule has 6 nitrogen and oxygen atoms in total. The van der Waals surface area contributed by atoms with Crippen molar-refractivity contribution in [2.45, 2.75) is 65.3 Å². The van der Waals surface area contributed by atoms with Crippen molar-refractivity contribution in [1.82, 2.24) is 4.90 Å². The zero-order valence-electron chi connectivity index (χ0n) is 19.9. The average molecular weight is 452 g/mol. The Balaban J connectivity index is 1.96. The summed E-state index contributed by atoms with van der Waals surface area (Å²) in [6.07, 6.45) is -1.63. The molecule has 0 aliphatic rings. The molecule has 0 aliphatic heterocycles. The summed E-state index contributed by atoms with van der Waals surface area (Å²) in [6, 6.07) is 17.6. The number of nitrogens with zero attached hydrogens (tertiary/aromatic N) is 1. The van der Waals surface area contributed by atoms with Crippen molar-refractivity contribution >= 4 is 22.8 Å². The van der Waals surface area contributed by atoms with Gasteiger partial charge in [0.1, 0.15) is 17.3 Å². The predicted molar refractivity (Wildman–Crippen MR) is 128 cm³/mol. The van der Waals surface area contributed by atoms with Crippen molar-refractivity contribution < 1.29 is 23.8 Å². The van der Waals surface area contributed by atoms with Gasteiger partial charge in [-0.25, -0.2) is 4.79 Å². The van der Waals surface area contributed by atoms with Gasteiger partial charge in [0.25, 0.3) is 0 Å². The maximum Gasteiger partial charge on any atom is 0.410 e. The molecule has 176 valence electrons. The van der Waals surface area contributed by atoms with Crippen LogP contribution in [0.5, 0.6) is 0 Å². The molecular formula is C27H33NO5. The molecular weight excluding hydrogens is 418 g/mol. The summed E-state index contributed by atoms with van der Waals surface area (Å²) in [7, 11) is 0. The summed E-state index contributed by atoms with van der Waals surface area (Å²) >= 11 is 0. The molecule has 2 aromatic carbocycles. The van der Waals surface area contributed by atoms with Crippen LogP contribution in [0.3, 0.4) is 0 Å². The van der Waals surface area contributed by atoms with Crippen LogP contribution >= 0.6 is 0 Å². The van der Waals surface area contributed by atoms with Crippen molar-refractivity contribution in [3.8, 4) is 0 Å². The van der Waals surface area contributed by atoms with Crippen LogP contribution in [0.2, 0.25) is 0 Å². The maximum atomic E-state index is 13.3. The predicted octanol–water partition coefficient (Wildman–Crippen LogP) is 5.83. The number of carbonyl (C=O) groups is 2. The Labute approximate surface area is 195 Å². The second-order valence-electron chi connectivity index (χ2n) is 9.75. The summed E-state index contributed by atoms with van der Waals surface area (Å²) in [5, 5.41) is 12.0. The van der Waals surface area contributed by atoms with Gasteiger partial charge in [-0.05, 0) is 50.8 Å². The number of ether oxygens (including phenoxy) is 1. The SMILES string of the molecule is CC(C)C[C@@H]([C@H](O)C(=O)c1cc2ccccc2o1)N(Cc1ccccc1)C(=O)OC(C)(C)C. The van der Waals surface area contributed by atoms with Crippen molar-refractivity contribution in [2.75, 3.05) is 0 Å². The quantitative estimate of drug-likeness (QED) is 0.436. The maximum absolute atomic E-state index is 13.3. The molecule has 3 rings (SSSR count). The van der Waals surface area contributed by atoms with Crippen molar-refractivity contribution in [1.29, 1.82) is 0 Å².